The minimum Gasteiger partial charge on any atom is -0.594 e. The van der Waals surface area contributed by atoms with Crippen LogP contribution in [0.25, 0.3) is 0 Å². The molecule has 0 fully saturated rings. The van der Waals surface area contributed by atoms with Gasteiger partial charge >= 0.3 is 0 Å². The van der Waals surface area contributed by atoms with Crippen molar-refractivity contribution < 1.29 is 4.86 Å². The van der Waals surface area contributed by atoms with E-state index in [1.165, 1.54) is 12.8 Å². The molecule has 2 aromatic carbocycles. The highest BCUT2D eigenvalue weighted by Crippen LogP contribution is 2.23. The van der Waals surface area contributed by atoms with Crippen LogP contribution in [0.4, 0.5) is 11.4 Å². The van der Waals surface area contributed by atoms with Gasteiger partial charge in [0, 0.05) is 16.7 Å². The summed E-state index contributed by atoms with van der Waals surface area (Å²) in [7, 11) is 0. The summed E-state index contributed by atoms with van der Waals surface area (Å²) in [5, 5.41) is 16.3. The number of hydrogen-bond acceptors (Lipinski definition) is 2. The van der Waals surface area contributed by atoms with E-state index in [-0.39, 0.29) is 0 Å². The van der Waals surface area contributed by atoms with Gasteiger partial charge in [0.15, 0.2) is 0 Å². The van der Waals surface area contributed by atoms with E-state index >= 15 is 0 Å². The maximum absolute atomic E-state index is 12.2. The summed E-state index contributed by atoms with van der Waals surface area (Å²) in [6, 6.07) is 17.0. The van der Waals surface area contributed by atoms with Crippen molar-refractivity contribution >= 4 is 11.4 Å². The number of aryl methyl sites for hydroxylation is 1. The number of nitrogens with zero attached hydrogens (tertiary/aromatic N) is 2. The molecule has 0 N–H and O–H groups in total. The number of azo groups is 1. The first-order valence-corrected chi connectivity index (χ1v) is 7.13. The molecule has 0 amide bonds. The van der Waals surface area contributed by atoms with Gasteiger partial charge in [-0.3, -0.25) is 0 Å². The molecule has 0 saturated heterocycles. The molecule has 0 atom stereocenters. The monoisotopic (exact) mass is 268 g/mol. The second kappa shape index (κ2) is 7.43. The molecule has 3 heteroatoms. The van der Waals surface area contributed by atoms with E-state index in [1.807, 2.05) is 54.6 Å². The van der Waals surface area contributed by atoms with Crippen molar-refractivity contribution in [1.29, 1.82) is 0 Å². The Bertz CT molecular complexity index is 564. The minimum atomic E-state index is 0.646. The van der Waals surface area contributed by atoms with Crippen LogP contribution in [0.3, 0.4) is 0 Å². The van der Waals surface area contributed by atoms with E-state index in [2.05, 4.69) is 12.0 Å². The van der Waals surface area contributed by atoms with Crippen molar-refractivity contribution in [2.24, 2.45) is 5.11 Å². The lowest BCUT2D eigenvalue weighted by molar-refractivity contribution is -0.436. The van der Waals surface area contributed by atoms with Crippen molar-refractivity contribution in [2.45, 2.75) is 32.6 Å². The number of rotatable bonds is 6. The summed E-state index contributed by atoms with van der Waals surface area (Å²) >= 11 is 0. The van der Waals surface area contributed by atoms with Crippen LogP contribution < -0.4 is 0 Å². The SMILES string of the molecule is CCCCCc1ccccc1[N+]([O-])=Nc1ccccc1. The first-order chi connectivity index (χ1) is 9.81. The Kier molecular flexibility index (Phi) is 5.30. The normalized spacial score (nSPS) is 11.6. The standard InChI is InChI=1S/C17H20N2O/c1-2-3-5-10-15-11-8-9-14-17(15)19(20)18-16-12-6-4-7-13-16/h4,6-9,11-14H,2-3,5,10H2,1H3. The number of hydrogen-bond donors (Lipinski definition) is 0. The summed E-state index contributed by atoms with van der Waals surface area (Å²) in [5.41, 5.74) is 2.38. The average molecular weight is 268 g/mol. The maximum atomic E-state index is 12.2. The Hall–Kier alpha value is -2.16. The van der Waals surface area contributed by atoms with Crippen molar-refractivity contribution in [1.82, 2.24) is 0 Å². The Labute approximate surface area is 120 Å². The molecule has 0 saturated carbocycles. The van der Waals surface area contributed by atoms with E-state index in [0.717, 1.165) is 23.3 Å². The van der Waals surface area contributed by atoms with E-state index in [4.69, 9.17) is 0 Å². The van der Waals surface area contributed by atoms with Gasteiger partial charge in [0.05, 0.1) is 0 Å². The molecule has 0 spiro atoms. The fourth-order valence-electron chi connectivity index (χ4n) is 2.13. The van der Waals surface area contributed by atoms with Crippen LogP contribution in [0.15, 0.2) is 59.7 Å². The smallest absolute Gasteiger partial charge is 0.248 e. The third kappa shape index (κ3) is 3.92. The van der Waals surface area contributed by atoms with Gasteiger partial charge in [-0.2, -0.15) is 0 Å². The van der Waals surface area contributed by atoms with Gasteiger partial charge in [-0.1, -0.05) is 56.2 Å². The second-order valence-corrected chi connectivity index (χ2v) is 4.79. The first-order valence-electron chi connectivity index (χ1n) is 7.13. The van der Waals surface area contributed by atoms with Gasteiger partial charge in [0.1, 0.15) is 5.69 Å². The van der Waals surface area contributed by atoms with Crippen molar-refractivity contribution in [2.75, 3.05) is 0 Å². The molecule has 20 heavy (non-hydrogen) atoms. The fraction of sp³-hybridized carbons (Fsp3) is 0.294. The van der Waals surface area contributed by atoms with Crippen molar-refractivity contribution in [3.05, 3.63) is 65.4 Å². The highest BCUT2D eigenvalue weighted by molar-refractivity contribution is 5.40. The van der Waals surface area contributed by atoms with Crippen LogP contribution in [0, 0.1) is 5.21 Å². The molecule has 0 bridgehead atoms. The Morgan fingerprint density at radius 3 is 2.40 bits per heavy atom. The van der Waals surface area contributed by atoms with Crippen LogP contribution in [-0.2, 0) is 6.42 Å². The molecule has 104 valence electrons. The van der Waals surface area contributed by atoms with E-state index in [9.17, 15) is 5.21 Å². The molecule has 0 aromatic heterocycles. The van der Waals surface area contributed by atoms with Gasteiger partial charge in [0.2, 0.25) is 5.69 Å². The highest BCUT2D eigenvalue weighted by atomic mass is 16.5. The summed E-state index contributed by atoms with van der Waals surface area (Å²) in [6.45, 7) is 2.18. The minimum absolute atomic E-state index is 0.646. The van der Waals surface area contributed by atoms with Crippen LogP contribution in [0.2, 0.25) is 0 Å². The molecule has 0 unspecified atom stereocenters. The molecule has 0 aliphatic rings. The summed E-state index contributed by atoms with van der Waals surface area (Å²) in [5.74, 6) is 0. The molecule has 0 heterocycles. The lowest BCUT2D eigenvalue weighted by Crippen LogP contribution is -1.96. The highest BCUT2D eigenvalue weighted by Gasteiger charge is 2.10. The van der Waals surface area contributed by atoms with Crippen molar-refractivity contribution in [3.63, 3.8) is 0 Å². The van der Waals surface area contributed by atoms with Crippen LogP contribution >= 0.6 is 0 Å². The van der Waals surface area contributed by atoms with Gasteiger partial charge < -0.3 is 5.21 Å². The van der Waals surface area contributed by atoms with Gasteiger partial charge in [0.25, 0.3) is 0 Å². The predicted molar refractivity (Wildman–Crippen MR) is 81.5 cm³/mol. The van der Waals surface area contributed by atoms with Crippen LogP contribution in [0.1, 0.15) is 31.7 Å². The van der Waals surface area contributed by atoms with Crippen LogP contribution in [-0.4, -0.2) is 4.86 Å². The van der Waals surface area contributed by atoms with E-state index in [1.54, 1.807) is 0 Å². The zero-order chi connectivity index (χ0) is 14.2. The third-order valence-electron chi connectivity index (χ3n) is 3.21. The molecule has 2 aromatic rings. The Balaban J connectivity index is 2.21. The molecule has 2 rings (SSSR count). The van der Waals surface area contributed by atoms with Crippen LogP contribution in [0.5, 0.6) is 0 Å². The fourth-order valence-corrected chi connectivity index (χ4v) is 2.13. The number of para-hydroxylation sites is 1. The van der Waals surface area contributed by atoms with Crippen molar-refractivity contribution in [3.8, 4) is 0 Å². The van der Waals surface area contributed by atoms with Gasteiger partial charge in [-0.25, -0.2) is 0 Å². The lowest BCUT2D eigenvalue weighted by atomic mass is 10.1. The quantitative estimate of drug-likeness (QED) is 0.301. The maximum Gasteiger partial charge on any atom is 0.248 e. The molecule has 0 radical (unpaired) electrons. The first kappa shape index (κ1) is 14.3. The largest absolute Gasteiger partial charge is 0.594 e. The summed E-state index contributed by atoms with van der Waals surface area (Å²) < 4.78 is 0. The Morgan fingerprint density at radius 2 is 1.65 bits per heavy atom. The second-order valence-electron chi connectivity index (χ2n) is 4.79. The van der Waals surface area contributed by atoms with Gasteiger partial charge in [-0.05, 0) is 29.8 Å². The topological polar surface area (TPSA) is 38.4 Å². The molecule has 0 aliphatic heterocycles. The zero-order valence-corrected chi connectivity index (χ0v) is 11.8. The summed E-state index contributed by atoms with van der Waals surface area (Å²) in [4.78, 5) is 0.733. The Morgan fingerprint density at radius 1 is 0.950 bits per heavy atom. The summed E-state index contributed by atoms with van der Waals surface area (Å²) in [6.07, 6.45) is 4.39. The molecular formula is C17H20N2O. The number of unbranched alkanes of at least 4 members (excludes halogenated alkanes) is 2. The predicted octanol–water partition coefficient (Wildman–Crippen LogP) is 5.35. The third-order valence-corrected chi connectivity index (χ3v) is 3.21. The van der Waals surface area contributed by atoms with E-state index < -0.39 is 0 Å². The lowest BCUT2D eigenvalue weighted by Gasteiger charge is -2.06. The molecular weight excluding hydrogens is 248 g/mol. The average Bonchev–Trinajstić information content (AvgIpc) is 2.49. The van der Waals surface area contributed by atoms with Gasteiger partial charge in [-0.15, -0.1) is 0 Å². The zero-order valence-electron chi connectivity index (χ0n) is 11.8. The number of benzene rings is 2. The van der Waals surface area contributed by atoms with E-state index in [0.29, 0.717) is 11.4 Å². The molecule has 3 nitrogen and oxygen atoms in total. The molecule has 0 aliphatic carbocycles.